The Morgan fingerprint density at radius 3 is 1.59 bits per heavy atom. The largest absolute Gasteiger partial charge is 0.508 e. The molecule has 0 aromatic heterocycles. The van der Waals surface area contributed by atoms with E-state index in [4.69, 9.17) is 39.5 Å². The number of unbranched alkanes of at least 4 members (excludes halogenated alkanes) is 2. The topological polar surface area (TPSA) is 719 Å². The summed E-state index contributed by atoms with van der Waals surface area (Å²) in [6, 6.07) is -8.97. The maximum atomic E-state index is 15.5. The number of carboxylic acid groups (broad SMARTS) is 1. The van der Waals surface area contributed by atoms with Crippen molar-refractivity contribution in [1.29, 1.82) is 10.8 Å². The molecule has 0 unspecified atom stereocenters. The number of phenolic OH excluding ortho intramolecular Hbond substituents is 1. The molecule has 2 aromatic carbocycles. The number of amides is 15. The highest BCUT2D eigenvalue weighted by Crippen LogP contribution is 2.29. The number of hydrogen-bond acceptors (Lipinski definition) is 26. The Bertz CT molecular complexity index is 4120. The van der Waals surface area contributed by atoms with Crippen molar-refractivity contribution in [1.82, 2.24) is 89.6 Å². The SMILES string of the molecule is CC(C)C[C@H](N)C(=O)N[C@H](C(=O)N[C@@H](CCCNC(=N)N)C(=O)NCC(=O)N[C@H]1CSSC[C@@H](C(=O)N[C@@H](Cc2ccccc2)C(=O)N[C@H](C(=O)N[C@@H](CCCNC(=N)N)C(=O)O)C(C)C)NC(=O)[C@H](CCCCN)NC(=O)[C@@H]2CCCN2C(=O)[C@@H]2CCCN2C(=O)[C@H](Cc2ccc(O)cc2)NC(=O)[C@H](CO)NC(=O)[C@H](CCCCN)NC(=O)[C@H]([C@@H](C)O)NC1=O)C(C)C. The number of aromatic hydroxyl groups is 1. The van der Waals surface area contributed by atoms with Crippen molar-refractivity contribution >= 4 is 128 Å². The monoisotopic (exact) mass is 1850 g/mol. The number of aliphatic hydroxyl groups is 2. The highest BCUT2D eigenvalue weighted by Gasteiger charge is 2.46. The highest BCUT2D eigenvalue weighted by molar-refractivity contribution is 8.76. The lowest BCUT2D eigenvalue weighted by Gasteiger charge is -2.34. The zero-order valence-electron chi connectivity index (χ0n) is 74.2. The van der Waals surface area contributed by atoms with Crippen molar-refractivity contribution in [2.75, 3.05) is 63.9 Å². The molecule has 3 saturated heterocycles. The second-order valence-corrected chi connectivity index (χ2v) is 35.9. The van der Waals surface area contributed by atoms with Gasteiger partial charge >= 0.3 is 5.97 Å². The maximum absolute atomic E-state index is 15.5. The van der Waals surface area contributed by atoms with Gasteiger partial charge in [0.1, 0.15) is 90.3 Å². The van der Waals surface area contributed by atoms with Crippen molar-refractivity contribution in [3.05, 3.63) is 65.7 Å². The number of nitrogens with two attached hydrogens (primary N) is 5. The molecular formula is C83H134N24O20S2. The van der Waals surface area contributed by atoms with E-state index in [0.717, 1.165) is 28.5 Å². The van der Waals surface area contributed by atoms with Crippen molar-refractivity contribution < 1.29 is 97.1 Å². The number of nitrogens with zero attached hydrogens (tertiary/aromatic N) is 2. The molecule has 44 nitrogen and oxygen atoms in total. The third-order valence-electron chi connectivity index (χ3n) is 21.6. The lowest BCUT2D eigenvalue weighted by Crippen LogP contribution is -2.62. The van der Waals surface area contributed by atoms with E-state index < -0.39 is 234 Å². The summed E-state index contributed by atoms with van der Waals surface area (Å²) >= 11 is 0. The predicted octanol–water partition coefficient (Wildman–Crippen LogP) is -5.58. The van der Waals surface area contributed by atoms with E-state index in [1.54, 1.807) is 58.0 Å². The molecule has 3 heterocycles. The Hall–Kier alpha value is -11.2. The summed E-state index contributed by atoms with van der Waals surface area (Å²) in [5.74, 6) is -19.0. The molecule has 15 amide bonds. The van der Waals surface area contributed by atoms with Crippen LogP contribution in [0.5, 0.6) is 5.75 Å². The molecule has 31 N–H and O–H groups in total. The average molecular weight is 1850 g/mol. The average Bonchev–Trinajstić information content (AvgIpc) is 1.66. The summed E-state index contributed by atoms with van der Waals surface area (Å²) in [4.78, 5) is 235. The third kappa shape index (κ3) is 36.7. The van der Waals surface area contributed by atoms with Crippen LogP contribution in [0.15, 0.2) is 54.6 Å². The molecule has 0 spiro atoms. The molecule has 3 aliphatic heterocycles. The molecule has 5 rings (SSSR count). The van der Waals surface area contributed by atoms with Crippen molar-refractivity contribution in [2.45, 2.75) is 254 Å². The van der Waals surface area contributed by atoms with Crippen LogP contribution in [0.2, 0.25) is 0 Å². The molecular weight excluding hydrogens is 1720 g/mol. The number of carbonyl (C=O) groups is 16. The standard InChI is InChI=1S/C83H134N24O20S2/c1-44(2)37-51(86)67(112)103-64(45(3)4)76(121)96-52(23-15-33-91-82(87)88)68(113)93-40-63(111)94-59-42-128-129-43-60(73(118)99-56(38-48-19-9-8-10-20-48)71(116)104-65(46(5)6)77(122)98-55(81(126)127)24-16-34-92-83(89)90)102-70(115)53(21-11-13-31-84)95-75(120)61-25-17-35-106(61)80(125)62-26-18-36-107(62)79(124)57(39-49-27-29-50(110)30-28-49)100-72(117)58(41-108)101-69(114)54(22-12-14-32-85)97-78(123)66(47(7)109)105-74(59)119/h8-10,19-20,27-30,44-47,51-62,64-66,108-110H,11-18,21-26,31-43,84-86H2,1-7H3,(H,93,113)(H,94,111)(H,95,120)(H,96,121)(H,97,123)(H,98,122)(H,99,118)(H,100,117)(H,101,114)(H,102,115)(H,103,112)(H,104,116)(H,105,119)(H,126,127)(H4,87,88,91)(H4,89,90,92)/t47-,51+,52+,53+,54+,55+,56+,57+,58+,59+,60+,61+,62+,64+,65+,66+/m1/s1. The number of benzene rings is 2. The van der Waals surface area contributed by atoms with E-state index in [0.29, 0.717) is 17.5 Å². The second-order valence-electron chi connectivity index (χ2n) is 33.3. The fourth-order valence-corrected chi connectivity index (χ4v) is 16.9. The Morgan fingerprint density at radius 1 is 0.535 bits per heavy atom. The Morgan fingerprint density at radius 2 is 1.05 bits per heavy atom. The minimum absolute atomic E-state index is 0.00543. The number of aliphatic hydroxyl groups excluding tert-OH is 2. The zero-order valence-corrected chi connectivity index (χ0v) is 75.8. The van der Waals surface area contributed by atoms with Crippen molar-refractivity contribution in [3.8, 4) is 5.75 Å². The molecule has 2 aromatic rings. The van der Waals surface area contributed by atoms with Crippen LogP contribution >= 0.6 is 21.6 Å². The quantitative estimate of drug-likeness (QED) is 0.0128. The van der Waals surface area contributed by atoms with Crippen LogP contribution in [-0.2, 0) is 89.6 Å². The van der Waals surface area contributed by atoms with E-state index >= 15 is 28.8 Å². The zero-order chi connectivity index (χ0) is 95.7. The van der Waals surface area contributed by atoms with Gasteiger partial charge < -0.3 is 139 Å². The maximum Gasteiger partial charge on any atom is 0.326 e. The van der Waals surface area contributed by atoms with E-state index in [1.165, 1.54) is 34.1 Å². The molecule has 0 radical (unpaired) electrons. The minimum atomic E-state index is -2.01. The summed E-state index contributed by atoms with van der Waals surface area (Å²) in [6.45, 7) is 9.53. The van der Waals surface area contributed by atoms with Gasteiger partial charge in [-0.15, -0.1) is 0 Å². The van der Waals surface area contributed by atoms with Gasteiger partial charge in [0.2, 0.25) is 88.6 Å². The van der Waals surface area contributed by atoms with E-state index in [2.05, 4.69) is 79.8 Å². The lowest BCUT2D eigenvalue weighted by atomic mass is 10.00. The van der Waals surface area contributed by atoms with Gasteiger partial charge in [-0.05, 0) is 157 Å². The fourth-order valence-electron chi connectivity index (χ4n) is 14.5. The molecule has 3 fully saturated rings. The van der Waals surface area contributed by atoms with Gasteiger partial charge in [-0.2, -0.15) is 0 Å². The van der Waals surface area contributed by atoms with E-state index in [-0.39, 0.29) is 160 Å². The Balaban J connectivity index is 1.67. The molecule has 129 heavy (non-hydrogen) atoms. The third-order valence-corrected chi connectivity index (χ3v) is 24.1. The van der Waals surface area contributed by atoms with Crippen LogP contribution in [0.1, 0.15) is 156 Å². The Kier molecular flexibility index (Phi) is 46.7. The molecule has 718 valence electrons. The summed E-state index contributed by atoms with van der Waals surface area (Å²) in [5.41, 5.74) is 29.8. The number of aliphatic carboxylic acids is 1. The number of fused-ring (bicyclic) bond motifs is 2. The molecule has 0 saturated carbocycles. The Labute approximate surface area is 758 Å². The summed E-state index contributed by atoms with van der Waals surface area (Å²) < 4.78 is 0. The smallest absolute Gasteiger partial charge is 0.326 e. The van der Waals surface area contributed by atoms with E-state index in [9.17, 15) is 68.4 Å². The van der Waals surface area contributed by atoms with Crippen LogP contribution < -0.4 is 108 Å². The number of carbonyl (C=O) groups excluding carboxylic acids is 15. The summed E-state index contributed by atoms with van der Waals surface area (Å²) in [7, 11) is 1.55. The first-order valence-corrected chi connectivity index (χ1v) is 46.1. The second kappa shape index (κ2) is 55.6. The number of carboxylic acids is 1. The fraction of sp³-hybridized carbons (Fsp3) is 0.639. The van der Waals surface area contributed by atoms with Gasteiger partial charge in [-0.1, -0.05) is 106 Å². The van der Waals surface area contributed by atoms with Crippen LogP contribution in [0.25, 0.3) is 0 Å². The van der Waals surface area contributed by atoms with Gasteiger partial charge in [0.25, 0.3) is 0 Å². The number of rotatable bonds is 41. The van der Waals surface area contributed by atoms with Gasteiger partial charge in [-0.25, -0.2) is 4.79 Å². The van der Waals surface area contributed by atoms with Gasteiger partial charge in [0, 0.05) is 50.5 Å². The van der Waals surface area contributed by atoms with Crippen LogP contribution in [0.3, 0.4) is 0 Å². The molecule has 3 aliphatic rings. The number of nitrogens with one attached hydrogen (secondary N) is 17. The molecule has 46 heteroatoms. The van der Waals surface area contributed by atoms with E-state index in [1.807, 2.05) is 13.8 Å². The van der Waals surface area contributed by atoms with Crippen molar-refractivity contribution in [2.24, 2.45) is 46.4 Å². The first kappa shape index (κ1) is 108. The number of guanidine groups is 2. The van der Waals surface area contributed by atoms with Gasteiger partial charge in [0.05, 0.1) is 25.3 Å². The normalized spacial score (nSPS) is 21.8. The van der Waals surface area contributed by atoms with Crippen LogP contribution in [0.4, 0.5) is 0 Å². The molecule has 16 atom stereocenters. The summed E-state index contributed by atoms with van der Waals surface area (Å²) in [6.07, 6.45) is -0.874. The number of hydrogen-bond donors (Lipinski definition) is 26. The molecule has 0 bridgehead atoms. The lowest BCUT2D eigenvalue weighted by molar-refractivity contribution is -0.148. The minimum Gasteiger partial charge on any atom is -0.508 e. The highest BCUT2D eigenvalue weighted by atomic mass is 33.1. The van der Waals surface area contributed by atoms with Crippen LogP contribution in [-0.4, -0.2) is 297 Å². The summed E-state index contributed by atoms with van der Waals surface area (Å²) in [5, 5.41) is 96.5. The first-order valence-electron chi connectivity index (χ1n) is 43.6. The van der Waals surface area contributed by atoms with Gasteiger partial charge in [0.15, 0.2) is 11.9 Å². The predicted molar refractivity (Wildman–Crippen MR) is 480 cm³/mol. The number of phenols is 1. The van der Waals surface area contributed by atoms with Crippen molar-refractivity contribution in [3.63, 3.8) is 0 Å². The van der Waals surface area contributed by atoms with Gasteiger partial charge in [-0.3, -0.25) is 82.7 Å². The van der Waals surface area contributed by atoms with Crippen LogP contribution in [0, 0.1) is 28.6 Å². The molecule has 0 aliphatic carbocycles. The first-order chi connectivity index (χ1) is 61.2.